The predicted molar refractivity (Wildman–Crippen MR) is 17.3 cm³/mol. The second-order valence-electron chi connectivity index (χ2n) is 0. The standard InChI is InChI=1S/Al.Cu.Pb.Si. The van der Waals surface area contributed by atoms with E-state index in [0.717, 1.165) is 0 Å². The minimum atomic E-state index is 0. The van der Waals surface area contributed by atoms with E-state index in [4.69, 9.17) is 0 Å². The molecule has 0 fully saturated rings. The van der Waals surface area contributed by atoms with Crippen molar-refractivity contribution < 1.29 is 17.1 Å². The molecule has 0 saturated heterocycles. The summed E-state index contributed by atoms with van der Waals surface area (Å²) >= 11 is 0. The van der Waals surface area contributed by atoms with E-state index < -0.39 is 0 Å². The smallest absolute Gasteiger partial charge is 0 e. The van der Waals surface area contributed by atoms with Crippen LogP contribution in [0.15, 0.2) is 0 Å². The maximum absolute atomic E-state index is 0. The molecule has 0 spiro atoms. The molecular weight excluding hydrogens is 326 g/mol. The van der Waals surface area contributed by atoms with Gasteiger partial charge in [-0.15, -0.1) is 0 Å². The minimum absolute atomic E-state index is 0. The first-order chi connectivity index (χ1) is 0. The van der Waals surface area contributed by atoms with Gasteiger partial charge >= 0.3 is 0 Å². The second-order valence-corrected chi connectivity index (χ2v) is 0. The molecule has 0 aliphatic carbocycles. The molecule has 0 aromatic rings. The van der Waals surface area contributed by atoms with Gasteiger partial charge in [0.15, 0.2) is 0 Å². The number of hydrogen-bond acceptors (Lipinski definition) is 0. The molecule has 0 aliphatic heterocycles. The summed E-state index contributed by atoms with van der Waals surface area (Å²) in [4.78, 5) is 0. The van der Waals surface area contributed by atoms with Crippen molar-refractivity contribution in [3.8, 4) is 0 Å². The Morgan fingerprint density at radius 2 is 1.00 bits per heavy atom. The van der Waals surface area contributed by atoms with E-state index in [0.29, 0.717) is 0 Å². The van der Waals surface area contributed by atoms with Gasteiger partial charge in [0.25, 0.3) is 0 Å². The first kappa shape index (κ1) is 34.8. The number of hydrogen-bond donors (Lipinski definition) is 0. The SMILES string of the molecule is [Al].[Cu].[Pb].[Si]. The summed E-state index contributed by atoms with van der Waals surface area (Å²) in [6.07, 6.45) is 0. The zero-order chi connectivity index (χ0) is 0. The Balaban J connectivity index is 0. The molecule has 0 aliphatic rings. The third-order valence-electron chi connectivity index (χ3n) is 0. The van der Waals surface area contributed by atoms with Crippen LogP contribution in [0.25, 0.3) is 0 Å². The van der Waals surface area contributed by atoms with Gasteiger partial charge in [0, 0.05) is 72.7 Å². The van der Waals surface area contributed by atoms with Crippen LogP contribution >= 0.6 is 0 Å². The van der Waals surface area contributed by atoms with Gasteiger partial charge in [-0.1, -0.05) is 0 Å². The van der Waals surface area contributed by atoms with Gasteiger partial charge in [-0.25, -0.2) is 0 Å². The average Bonchev–Trinajstić information content (AvgIpc) is 0. The molecule has 0 heterocycles. The van der Waals surface area contributed by atoms with Gasteiger partial charge in [-0.05, 0) is 0 Å². The van der Waals surface area contributed by atoms with Crippen molar-refractivity contribution in [2.24, 2.45) is 0 Å². The summed E-state index contributed by atoms with van der Waals surface area (Å²) in [6, 6.07) is 0. The summed E-state index contributed by atoms with van der Waals surface area (Å²) in [7, 11) is 0. The minimum Gasteiger partial charge on any atom is 0 e. The Bertz CT molecular complexity index is 8.00. The van der Waals surface area contributed by atoms with Crippen LogP contribution in [0.2, 0.25) is 0 Å². The molecule has 12 radical (unpaired) electrons. The van der Waals surface area contributed by atoms with Gasteiger partial charge in [0.05, 0.1) is 0 Å². The topological polar surface area (TPSA) is 0 Å². The van der Waals surface area contributed by atoms with E-state index in [1.54, 1.807) is 0 Å². The monoisotopic (exact) mass is 326 g/mol. The van der Waals surface area contributed by atoms with E-state index in [1.807, 2.05) is 0 Å². The molecule has 0 rings (SSSR count). The molecule has 4 heteroatoms. The zero-order valence-electron chi connectivity index (χ0n) is 1.88. The first-order valence-electron chi connectivity index (χ1n) is 0. The summed E-state index contributed by atoms with van der Waals surface area (Å²) in [6.45, 7) is 0. The molecule has 0 amide bonds. The van der Waals surface area contributed by atoms with Crippen molar-refractivity contribution >= 4 is 55.6 Å². The normalized spacial score (nSPS) is 0. The van der Waals surface area contributed by atoms with Gasteiger partial charge < -0.3 is 0 Å². The van der Waals surface area contributed by atoms with Crippen molar-refractivity contribution in [3.63, 3.8) is 0 Å². The van der Waals surface area contributed by atoms with Crippen LogP contribution in [0.5, 0.6) is 0 Å². The molecule has 22 valence electrons. The molecule has 0 aromatic heterocycles. The van der Waals surface area contributed by atoms with Crippen LogP contribution in [0, 0.1) is 0 Å². The van der Waals surface area contributed by atoms with Crippen molar-refractivity contribution in [1.82, 2.24) is 0 Å². The van der Waals surface area contributed by atoms with Gasteiger partial charge in [-0.3, -0.25) is 0 Å². The molecule has 0 N–H and O–H groups in total. The van der Waals surface area contributed by atoms with Crippen LogP contribution in [0.3, 0.4) is 0 Å². The molecular formula is AlCuPbSi. The van der Waals surface area contributed by atoms with Crippen LogP contribution in [-0.4, -0.2) is 55.6 Å². The Labute approximate surface area is 71.9 Å². The molecule has 0 unspecified atom stereocenters. The summed E-state index contributed by atoms with van der Waals surface area (Å²) < 4.78 is 0. The van der Waals surface area contributed by atoms with Crippen LogP contribution < -0.4 is 0 Å². The third kappa shape index (κ3) is 8.89. The van der Waals surface area contributed by atoms with Crippen LogP contribution in [0.1, 0.15) is 0 Å². The fourth-order valence-electron chi connectivity index (χ4n) is 0. The molecule has 0 aromatic carbocycles. The fraction of sp³-hybridized carbons (Fsp3) is 0. The van der Waals surface area contributed by atoms with Gasteiger partial charge in [0.1, 0.15) is 0 Å². The summed E-state index contributed by atoms with van der Waals surface area (Å²) in [5.41, 5.74) is 0. The number of rotatable bonds is 0. The predicted octanol–water partition coefficient (Wildman–Crippen LogP) is -1.14. The largest absolute Gasteiger partial charge is 0 e. The van der Waals surface area contributed by atoms with E-state index in [-0.39, 0.29) is 72.7 Å². The van der Waals surface area contributed by atoms with Crippen molar-refractivity contribution in [2.75, 3.05) is 0 Å². The van der Waals surface area contributed by atoms with Crippen molar-refractivity contribution in [1.29, 1.82) is 0 Å². The van der Waals surface area contributed by atoms with Crippen molar-refractivity contribution in [3.05, 3.63) is 0 Å². The average molecular weight is 326 g/mol. The molecule has 0 saturated carbocycles. The molecule has 4 heavy (non-hydrogen) atoms. The van der Waals surface area contributed by atoms with Crippen LogP contribution in [0.4, 0.5) is 0 Å². The van der Waals surface area contributed by atoms with E-state index in [2.05, 4.69) is 0 Å². The van der Waals surface area contributed by atoms with E-state index in [9.17, 15) is 0 Å². The Morgan fingerprint density at radius 1 is 1.00 bits per heavy atom. The quantitative estimate of drug-likeness (QED) is 0.494. The summed E-state index contributed by atoms with van der Waals surface area (Å²) in [5.74, 6) is 0. The van der Waals surface area contributed by atoms with Crippen LogP contribution in [-0.2, 0) is 17.1 Å². The maximum Gasteiger partial charge on any atom is 0 e. The molecule has 0 nitrogen and oxygen atoms in total. The fourth-order valence-corrected chi connectivity index (χ4v) is 0. The second kappa shape index (κ2) is 19.0. The Morgan fingerprint density at radius 3 is 1.00 bits per heavy atom. The zero-order valence-corrected chi connectivity index (χ0v) is 8.86. The third-order valence-corrected chi connectivity index (χ3v) is 0. The molecule has 0 atom stereocenters. The molecule has 0 bridgehead atoms. The Kier molecular flexibility index (Phi) is 165. The first-order valence-corrected chi connectivity index (χ1v) is 0. The summed E-state index contributed by atoms with van der Waals surface area (Å²) in [5, 5.41) is 0. The van der Waals surface area contributed by atoms with E-state index in [1.165, 1.54) is 0 Å². The van der Waals surface area contributed by atoms with Crippen molar-refractivity contribution in [2.45, 2.75) is 0 Å². The van der Waals surface area contributed by atoms with E-state index >= 15 is 0 Å². The maximum atomic E-state index is 0. The van der Waals surface area contributed by atoms with Gasteiger partial charge in [0.2, 0.25) is 0 Å². The Hall–Kier alpha value is 2.19. The van der Waals surface area contributed by atoms with Gasteiger partial charge in [-0.2, -0.15) is 0 Å².